The van der Waals surface area contributed by atoms with E-state index in [1.54, 1.807) is 0 Å². The molecule has 0 bridgehead atoms. The van der Waals surface area contributed by atoms with Crippen LogP contribution in [0.5, 0.6) is 0 Å². The summed E-state index contributed by atoms with van der Waals surface area (Å²) < 4.78 is 0. The molecule has 1 aliphatic rings. The van der Waals surface area contributed by atoms with Gasteiger partial charge in [-0.05, 0) is 49.9 Å². The maximum Gasteiger partial charge on any atom is 0.0832 e. The van der Waals surface area contributed by atoms with E-state index in [9.17, 15) is 10.4 Å². The molecule has 1 unspecified atom stereocenters. The number of hydrogen-bond acceptors (Lipinski definition) is 2. The number of hydrogen-bond donors (Lipinski definition) is 1. The van der Waals surface area contributed by atoms with Crippen molar-refractivity contribution < 1.29 is 5.11 Å². The van der Waals surface area contributed by atoms with Gasteiger partial charge in [-0.2, -0.15) is 5.26 Å². The fraction of sp³-hybridized carbons (Fsp3) is 0.933. The summed E-state index contributed by atoms with van der Waals surface area (Å²) in [6, 6.07) is 2.43. The van der Waals surface area contributed by atoms with Crippen LogP contribution in [0.3, 0.4) is 0 Å². The Balaban J connectivity index is 2.64. The van der Waals surface area contributed by atoms with E-state index in [2.05, 4.69) is 33.8 Å². The van der Waals surface area contributed by atoms with Gasteiger partial charge in [0, 0.05) is 0 Å². The van der Waals surface area contributed by atoms with E-state index >= 15 is 0 Å². The number of nitriles is 1. The second-order valence-electron chi connectivity index (χ2n) is 6.49. The topological polar surface area (TPSA) is 44.0 Å². The quantitative estimate of drug-likeness (QED) is 0.809. The smallest absolute Gasteiger partial charge is 0.0832 e. The van der Waals surface area contributed by atoms with Crippen molar-refractivity contribution in [2.75, 3.05) is 0 Å². The van der Waals surface area contributed by atoms with Crippen LogP contribution in [-0.4, -0.2) is 11.2 Å². The van der Waals surface area contributed by atoms with Crippen molar-refractivity contribution in [2.45, 2.75) is 65.9 Å². The predicted molar refractivity (Wildman–Crippen MR) is 70.3 cm³/mol. The second kappa shape index (κ2) is 5.87. The first-order valence-corrected chi connectivity index (χ1v) is 7.00. The molecule has 0 aliphatic heterocycles. The Morgan fingerprint density at radius 2 is 1.76 bits per heavy atom. The van der Waals surface area contributed by atoms with E-state index < -0.39 is 11.5 Å². The minimum absolute atomic E-state index is 0.444. The van der Waals surface area contributed by atoms with E-state index in [0.29, 0.717) is 11.8 Å². The third-order valence-electron chi connectivity index (χ3n) is 4.42. The standard InChI is InChI=1S/C15H27NO/c1-11(2)9-14(17)15(10-16)7-5-13(6-8-15)12(3)4/h11-14,17H,5-9H2,1-4H3. The van der Waals surface area contributed by atoms with Gasteiger partial charge in [-0.1, -0.05) is 27.7 Å². The Labute approximate surface area is 106 Å². The molecule has 1 atom stereocenters. The summed E-state index contributed by atoms with van der Waals surface area (Å²) in [5.41, 5.74) is -0.463. The van der Waals surface area contributed by atoms with Gasteiger partial charge in [0.05, 0.1) is 17.6 Å². The van der Waals surface area contributed by atoms with Gasteiger partial charge in [-0.15, -0.1) is 0 Å². The third kappa shape index (κ3) is 3.45. The molecule has 1 N–H and O–H groups in total. The highest BCUT2D eigenvalue weighted by Crippen LogP contribution is 2.44. The Bertz CT molecular complexity index is 269. The van der Waals surface area contributed by atoms with Crippen molar-refractivity contribution >= 4 is 0 Å². The third-order valence-corrected chi connectivity index (χ3v) is 4.42. The number of aliphatic hydroxyl groups is 1. The molecule has 0 radical (unpaired) electrons. The van der Waals surface area contributed by atoms with E-state index in [1.165, 1.54) is 0 Å². The summed E-state index contributed by atoms with van der Waals surface area (Å²) in [5, 5.41) is 19.7. The van der Waals surface area contributed by atoms with E-state index in [-0.39, 0.29) is 0 Å². The van der Waals surface area contributed by atoms with Crippen molar-refractivity contribution in [1.29, 1.82) is 5.26 Å². The fourth-order valence-electron chi connectivity index (χ4n) is 3.01. The van der Waals surface area contributed by atoms with Crippen LogP contribution in [0.4, 0.5) is 0 Å². The van der Waals surface area contributed by atoms with Gasteiger partial charge in [-0.25, -0.2) is 0 Å². The molecule has 1 rings (SSSR count). The monoisotopic (exact) mass is 237 g/mol. The molecule has 1 aliphatic carbocycles. The Morgan fingerprint density at radius 1 is 1.24 bits per heavy atom. The molecular weight excluding hydrogens is 210 g/mol. The summed E-state index contributed by atoms with van der Waals surface area (Å²) in [5.74, 6) is 1.90. The zero-order chi connectivity index (χ0) is 13.1. The van der Waals surface area contributed by atoms with Gasteiger partial charge in [0.1, 0.15) is 0 Å². The highest BCUT2D eigenvalue weighted by molar-refractivity contribution is 5.06. The van der Waals surface area contributed by atoms with Gasteiger partial charge < -0.3 is 5.11 Å². The molecule has 2 nitrogen and oxygen atoms in total. The van der Waals surface area contributed by atoms with Gasteiger partial charge >= 0.3 is 0 Å². The minimum atomic E-state index is -0.463. The Kier molecular flexibility index (Phi) is 5.01. The Hall–Kier alpha value is -0.550. The lowest BCUT2D eigenvalue weighted by molar-refractivity contribution is 0.00750. The first kappa shape index (κ1) is 14.5. The summed E-state index contributed by atoms with van der Waals surface area (Å²) in [6.45, 7) is 8.73. The maximum atomic E-state index is 10.3. The predicted octanol–water partition coefficient (Wildman–Crippen LogP) is 3.75. The van der Waals surface area contributed by atoms with Gasteiger partial charge in [0.2, 0.25) is 0 Å². The minimum Gasteiger partial charge on any atom is -0.391 e. The highest BCUT2D eigenvalue weighted by atomic mass is 16.3. The average molecular weight is 237 g/mol. The lowest BCUT2D eigenvalue weighted by Crippen LogP contribution is -2.39. The molecule has 98 valence electrons. The molecule has 0 aromatic rings. The summed E-state index contributed by atoms with van der Waals surface area (Å²) in [6.07, 6.45) is 4.25. The van der Waals surface area contributed by atoms with Crippen LogP contribution in [0, 0.1) is 34.5 Å². The second-order valence-corrected chi connectivity index (χ2v) is 6.49. The molecule has 1 fully saturated rings. The summed E-state index contributed by atoms with van der Waals surface area (Å²) in [4.78, 5) is 0. The van der Waals surface area contributed by atoms with Crippen molar-refractivity contribution in [3.05, 3.63) is 0 Å². The number of rotatable bonds is 4. The lowest BCUT2D eigenvalue weighted by Gasteiger charge is -2.40. The van der Waals surface area contributed by atoms with Crippen molar-refractivity contribution in [2.24, 2.45) is 23.2 Å². The lowest BCUT2D eigenvalue weighted by atomic mass is 9.65. The summed E-state index contributed by atoms with van der Waals surface area (Å²) in [7, 11) is 0. The van der Waals surface area contributed by atoms with E-state index in [0.717, 1.165) is 38.0 Å². The average Bonchev–Trinajstić information content (AvgIpc) is 2.28. The van der Waals surface area contributed by atoms with Gasteiger partial charge in [-0.3, -0.25) is 0 Å². The molecule has 0 aromatic carbocycles. The van der Waals surface area contributed by atoms with E-state index in [1.807, 2.05) is 0 Å². The van der Waals surface area contributed by atoms with Crippen LogP contribution in [0.25, 0.3) is 0 Å². The Morgan fingerprint density at radius 3 is 2.12 bits per heavy atom. The fourth-order valence-corrected chi connectivity index (χ4v) is 3.01. The largest absolute Gasteiger partial charge is 0.391 e. The molecule has 0 heterocycles. The number of nitrogens with zero attached hydrogens (tertiary/aromatic N) is 1. The molecule has 2 heteroatoms. The zero-order valence-electron chi connectivity index (χ0n) is 11.7. The van der Waals surface area contributed by atoms with E-state index in [4.69, 9.17) is 0 Å². The van der Waals surface area contributed by atoms with Crippen molar-refractivity contribution in [3.8, 4) is 6.07 Å². The SMILES string of the molecule is CC(C)CC(O)C1(C#N)CCC(C(C)C)CC1. The van der Waals surface area contributed by atoms with Crippen molar-refractivity contribution in [3.63, 3.8) is 0 Å². The van der Waals surface area contributed by atoms with Crippen LogP contribution in [0.2, 0.25) is 0 Å². The maximum absolute atomic E-state index is 10.3. The van der Waals surface area contributed by atoms with Crippen LogP contribution in [-0.2, 0) is 0 Å². The molecule has 1 saturated carbocycles. The normalized spacial score (nSPS) is 31.5. The summed E-state index contributed by atoms with van der Waals surface area (Å²) >= 11 is 0. The molecule has 0 saturated heterocycles. The van der Waals surface area contributed by atoms with Crippen molar-refractivity contribution in [1.82, 2.24) is 0 Å². The van der Waals surface area contributed by atoms with Gasteiger partial charge in [0.15, 0.2) is 0 Å². The molecule has 17 heavy (non-hydrogen) atoms. The zero-order valence-corrected chi connectivity index (χ0v) is 11.7. The van der Waals surface area contributed by atoms with Gasteiger partial charge in [0.25, 0.3) is 0 Å². The van der Waals surface area contributed by atoms with Crippen LogP contribution < -0.4 is 0 Å². The van der Waals surface area contributed by atoms with Crippen LogP contribution in [0.1, 0.15) is 59.8 Å². The molecular formula is C15H27NO. The molecule has 0 aromatic heterocycles. The van der Waals surface area contributed by atoms with Crippen LogP contribution >= 0.6 is 0 Å². The first-order chi connectivity index (χ1) is 7.91. The number of aliphatic hydroxyl groups excluding tert-OH is 1. The molecule has 0 spiro atoms. The first-order valence-electron chi connectivity index (χ1n) is 7.00. The van der Waals surface area contributed by atoms with Crippen LogP contribution in [0.15, 0.2) is 0 Å². The highest BCUT2D eigenvalue weighted by Gasteiger charge is 2.42. The molecule has 0 amide bonds.